The monoisotopic (exact) mass is 246 g/mol. The smallest absolute Gasteiger partial charge is 0.0304 e. The Balaban J connectivity index is 2.09. The third kappa shape index (κ3) is 3.12. The van der Waals surface area contributed by atoms with Gasteiger partial charge in [-0.25, -0.2) is 0 Å². The number of hydrazine groups is 1. The van der Waals surface area contributed by atoms with Gasteiger partial charge in [-0.15, -0.1) is 0 Å². The highest BCUT2D eigenvalue weighted by molar-refractivity contribution is 5.23. The van der Waals surface area contributed by atoms with Crippen LogP contribution < -0.4 is 11.3 Å². The minimum absolute atomic E-state index is 0.358. The zero-order chi connectivity index (χ0) is 13.0. The zero-order valence-electron chi connectivity index (χ0n) is 11.7. The van der Waals surface area contributed by atoms with Crippen molar-refractivity contribution in [1.82, 2.24) is 5.43 Å². The second-order valence-corrected chi connectivity index (χ2v) is 6.13. The van der Waals surface area contributed by atoms with Gasteiger partial charge in [0.1, 0.15) is 0 Å². The molecule has 2 nitrogen and oxygen atoms in total. The number of nitrogens with two attached hydrogens (primary N) is 1. The van der Waals surface area contributed by atoms with Crippen LogP contribution in [0.1, 0.15) is 50.2 Å². The van der Waals surface area contributed by atoms with Gasteiger partial charge in [0.05, 0.1) is 0 Å². The van der Waals surface area contributed by atoms with Gasteiger partial charge in [0.15, 0.2) is 0 Å². The van der Waals surface area contributed by atoms with Crippen LogP contribution in [0.4, 0.5) is 0 Å². The molecule has 18 heavy (non-hydrogen) atoms. The van der Waals surface area contributed by atoms with E-state index in [9.17, 15) is 0 Å². The van der Waals surface area contributed by atoms with Gasteiger partial charge >= 0.3 is 0 Å². The Morgan fingerprint density at radius 3 is 2.61 bits per heavy atom. The van der Waals surface area contributed by atoms with Crippen LogP contribution in [0.15, 0.2) is 24.3 Å². The highest BCUT2D eigenvalue weighted by atomic mass is 15.2. The van der Waals surface area contributed by atoms with E-state index in [4.69, 9.17) is 5.84 Å². The van der Waals surface area contributed by atoms with Gasteiger partial charge in [0.2, 0.25) is 0 Å². The van der Waals surface area contributed by atoms with Gasteiger partial charge < -0.3 is 0 Å². The first-order valence-corrected chi connectivity index (χ1v) is 7.16. The third-order valence-electron chi connectivity index (χ3n) is 4.56. The van der Waals surface area contributed by atoms with Crippen LogP contribution in [0.25, 0.3) is 0 Å². The van der Waals surface area contributed by atoms with Crippen LogP contribution in [0.5, 0.6) is 0 Å². The van der Waals surface area contributed by atoms with Crippen molar-refractivity contribution in [2.45, 2.75) is 58.4 Å². The molecule has 1 fully saturated rings. The number of aryl methyl sites for hydroxylation is 1. The standard InChI is InChI=1S/C16H26N2/c1-13-7-6-8-14(11-13)12-15(18-17)16(2)9-4-3-5-10-16/h6-8,11,15,18H,3-5,9-10,12,17H2,1-2H3. The average Bonchev–Trinajstić information content (AvgIpc) is 2.37. The van der Waals surface area contributed by atoms with Crippen LogP contribution in [0.2, 0.25) is 0 Å². The Morgan fingerprint density at radius 1 is 1.28 bits per heavy atom. The van der Waals surface area contributed by atoms with Gasteiger partial charge in [-0.05, 0) is 37.2 Å². The topological polar surface area (TPSA) is 38.0 Å². The molecule has 0 bridgehead atoms. The van der Waals surface area contributed by atoms with E-state index in [1.54, 1.807) is 0 Å². The molecule has 0 amide bonds. The maximum Gasteiger partial charge on any atom is 0.0304 e. The van der Waals surface area contributed by atoms with Gasteiger partial charge in [0.25, 0.3) is 0 Å². The molecular formula is C16H26N2. The molecule has 100 valence electrons. The molecule has 0 spiro atoms. The first kappa shape index (κ1) is 13.6. The molecule has 2 heteroatoms. The fourth-order valence-electron chi connectivity index (χ4n) is 3.29. The second kappa shape index (κ2) is 5.85. The number of benzene rings is 1. The minimum atomic E-state index is 0.358. The largest absolute Gasteiger partial charge is 0.271 e. The lowest BCUT2D eigenvalue weighted by atomic mass is 9.69. The van der Waals surface area contributed by atoms with E-state index in [1.165, 1.54) is 43.2 Å². The van der Waals surface area contributed by atoms with Crippen LogP contribution in [-0.2, 0) is 6.42 Å². The van der Waals surface area contributed by atoms with Crippen molar-refractivity contribution in [1.29, 1.82) is 0 Å². The normalized spacial score (nSPS) is 20.6. The molecule has 0 aromatic heterocycles. The summed E-state index contributed by atoms with van der Waals surface area (Å²) in [6, 6.07) is 9.16. The van der Waals surface area contributed by atoms with E-state index >= 15 is 0 Å². The Kier molecular flexibility index (Phi) is 4.41. The van der Waals surface area contributed by atoms with Crippen molar-refractivity contribution in [2.24, 2.45) is 11.3 Å². The number of nitrogens with one attached hydrogen (secondary N) is 1. The predicted octanol–water partition coefficient (Wildman–Crippen LogP) is 3.34. The highest BCUT2D eigenvalue weighted by Gasteiger charge is 2.34. The van der Waals surface area contributed by atoms with Gasteiger partial charge in [-0.3, -0.25) is 11.3 Å². The van der Waals surface area contributed by atoms with E-state index in [0.717, 1.165) is 6.42 Å². The quantitative estimate of drug-likeness (QED) is 0.631. The molecule has 1 atom stereocenters. The van der Waals surface area contributed by atoms with Crippen molar-refractivity contribution in [3.8, 4) is 0 Å². The van der Waals surface area contributed by atoms with Crippen LogP contribution in [-0.4, -0.2) is 6.04 Å². The van der Waals surface area contributed by atoms with Crippen molar-refractivity contribution in [3.63, 3.8) is 0 Å². The molecule has 1 saturated carbocycles. The predicted molar refractivity (Wildman–Crippen MR) is 77.2 cm³/mol. The summed E-state index contributed by atoms with van der Waals surface area (Å²) >= 11 is 0. The Morgan fingerprint density at radius 2 is 2.00 bits per heavy atom. The summed E-state index contributed by atoms with van der Waals surface area (Å²) < 4.78 is 0. The van der Waals surface area contributed by atoms with Crippen molar-refractivity contribution in [2.75, 3.05) is 0 Å². The second-order valence-electron chi connectivity index (χ2n) is 6.13. The summed E-state index contributed by atoms with van der Waals surface area (Å²) in [5.41, 5.74) is 6.16. The molecule has 1 aromatic carbocycles. The van der Waals surface area contributed by atoms with Gasteiger partial charge in [0, 0.05) is 6.04 Å². The first-order valence-electron chi connectivity index (χ1n) is 7.16. The van der Waals surface area contributed by atoms with Crippen molar-refractivity contribution >= 4 is 0 Å². The molecule has 1 aliphatic rings. The van der Waals surface area contributed by atoms with E-state index in [-0.39, 0.29) is 0 Å². The van der Waals surface area contributed by atoms with Gasteiger partial charge in [-0.1, -0.05) is 56.0 Å². The molecule has 3 N–H and O–H groups in total. The molecule has 1 aromatic rings. The van der Waals surface area contributed by atoms with E-state index in [0.29, 0.717) is 11.5 Å². The summed E-state index contributed by atoms with van der Waals surface area (Å²) in [4.78, 5) is 0. The van der Waals surface area contributed by atoms with E-state index < -0.39 is 0 Å². The van der Waals surface area contributed by atoms with Gasteiger partial charge in [-0.2, -0.15) is 0 Å². The average molecular weight is 246 g/mol. The number of rotatable bonds is 4. The molecule has 2 rings (SSSR count). The van der Waals surface area contributed by atoms with Crippen molar-refractivity contribution < 1.29 is 0 Å². The Hall–Kier alpha value is -0.860. The maximum absolute atomic E-state index is 5.82. The molecule has 0 aliphatic heterocycles. The summed E-state index contributed by atoms with van der Waals surface area (Å²) in [5.74, 6) is 5.82. The fraction of sp³-hybridized carbons (Fsp3) is 0.625. The number of hydrogen-bond acceptors (Lipinski definition) is 2. The molecular weight excluding hydrogens is 220 g/mol. The lowest BCUT2D eigenvalue weighted by Crippen LogP contribution is -2.49. The van der Waals surface area contributed by atoms with E-state index in [2.05, 4.69) is 43.5 Å². The Bertz CT molecular complexity index is 380. The fourth-order valence-corrected chi connectivity index (χ4v) is 3.29. The third-order valence-corrected chi connectivity index (χ3v) is 4.56. The molecule has 0 radical (unpaired) electrons. The molecule has 0 saturated heterocycles. The van der Waals surface area contributed by atoms with Crippen molar-refractivity contribution in [3.05, 3.63) is 35.4 Å². The lowest BCUT2D eigenvalue weighted by molar-refractivity contribution is 0.144. The summed E-state index contributed by atoms with van der Waals surface area (Å²) in [5, 5.41) is 0. The zero-order valence-corrected chi connectivity index (χ0v) is 11.7. The molecule has 1 aliphatic carbocycles. The maximum atomic E-state index is 5.82. The number of hydrogen-bond donors (Lipinski definition) is 2. The highest BCUT2D eigenvalue weighted by Crippen LogP contribution is 2.39. The summed E-state index contributed by atoms with van der Waals surface area (Å²) in [7, 11) is 0. The van der Waals surface area contributed by atoms with Crippen LogP contribution >= 0.6 is 0 Å². The lowest BCUT2D eigenvalue weighted by Gasteiger charge is -2.40. The summed E-state index contributed by atoms with van der Waals surface area (Å²) in [6.45, 7) is 4.54. The van der Waals surface area contributed by atoms with Crippen LogP contribution in [0.3, 0.4) is 0 Å². The first-order chi connectivity index (χ1) is 8.64. The molecule has 0 heterocycles. The summed E-state index contributed by atoms with van der Waals surface area (Å²) in [6.07, 6.45) is 7.72. The van der Waals surface area contributed by atoms with E-state index in [1.807, 2.05) is 0 Å². The SMILES string of the molecule is Cc1cccc(CC(NN)C2(C)CCCCC2)c1. The molecule has 1 unspecified atom stereocenters. The minimum Gasteiger partial charge on any atom is -0.271 e. The van der Waals surface area contributed by atoms with Crippen LogP contribution in [0, 0.1) is 12.3 Å². The Labute approximate surface area is 111 Å².